The summed E-state index contributed by atoms with van der Waals surface area (Å²) >= 11 is 2.07. The fourth-order valence-corrected chi connectivity index (χ4v) is 3.61. The predicted octanol–water partition coefficient (Wildman–Crippen LogP) is 3.27. The Morgan fingerprint density at radius 1 is 1.50 bits per heavy atom. The van der Waals surface area contributed by atoms with Crippen LogP contribution in [0.15, 0.2) is 10.5 Å². The van der Waals surface area contributed by atoms with Crippen molar-refractivity contribution in [1.29, 1.82) is 0 Å². The van der Waals surface area contributed by atoms with Gasteiger partial charge in [-0.15, -0.1) is 0 Å². The summed E-state index contributed by atoms with van der Waals surface area (Å²) in [6, 6.07) is 2.91. The van der Waals surface area contributed by atoms with E-state index in [-0.39, 0.29) is 0 Å². The SMILES string of the molecule is Cc1oc(CNCC(C)C)cc1CN1CCSCC1C. The fraction of sp³-hybridized carbons (Fsp3) is 0.750. The number of hydrogen-bond acceptors (Lipinski definition) is 4. The third kappa shape index (κ3) is 4.54. The zero-order chi connectivity index (χ0) is 14.5. The van der Waals surface area contributed by atoms with Crippen LogP contribution in [0.3, 0.4) is 0 Å². The smallest absolute Gasteiger partial charge is 0.118 e. The summed E-state index contributed by atoms with van der Waals surface area (Å²) in [4.78, 5) is 2.57. The lowest BCUT2D eigenvalue weighted by atomic mass is 10.2. The minimum Gasteiger partial charge on any atom is -0.465 e. The highest BCUT2D eigenvalue weighted by Crippen LogP contribution is 2.22. The zero-order valence-electron chi connectivity index (χ0n) is 13.2. The number of furan rings is 1. The third-order valence-corrected chi connectivity index (χ3v) is 4.99. The van der Waals surface area contributed by atoms with Crippen LogP contribution < -0.4 is 5.32 Å². The third-order valence-electron chi connectivity index (χ3n) is 3.80. The Morgan fingerprint density at radius 3 is 3.00 bits per heavy atom. The summed E-state index contributed by atoms with van der Waals surface area (Å²) in [6.45, 7) is 13.0. The van der Waals surface area contributed by atoms with Crippen molar-refractivity contribution in [2.45, 2.75) is 46.8 Å². The molecule has 1 saturated heterocycles. The predicted molar refractivity (Wildman–Crippen MR) is 87.2 cm³/mol. The van der Waals surface area contributed by atoms with Gasteiger partial charge in [0.15, 0.2) is 0 Å². The first-order valence-electron chi connectivity index (χ1n) is 7.67. The molecule has 0 aliphatic carbocycles. The summed E-state index contributed by atoms with van der Waals surface area (Å²) in [7, 11) is 0. The monoisotopic (exact) mass is 296 g/mol. The summed E-state index contributed by atoms with van der Waals surface area (Å²) in [5.41, 5.74) is 1.35. The molecule has 1 aliphatic rings. The Labute approximate surface area is 127 Å². The summed E-state index contributed by atoms with van der Waals surface area (Å²) in [5.74, 6) is 5.33. The van der Waals surface area contributed by atoms with Crippen LogP contribution in [-0.4, -0.2) is 35.5 Å². The largest absolute Gasteiger partial charge is 0.465 e. The Balaban J connectivity index is 1.89. The van der Waals surface area contributed by atoms with Gasteiger partial charge in [0.1, 0.15) is 11.5 Å². The number of nitrogens with zero attached hydrogens (tertiary/aromatic N) is 1. The van der Waals surface area contributed by atoms with Crippen LogP contribution in [0.5, 0.6) is 0 Å². The van der Waals surface area contributed by atoms with Gasteiger partial charge < -0.3 is 9.73 Å². The first-order valence-corrected chi connectivity index (χ1v) is 8.82. The first-order chi connectivity index (χ1) is 9.56. The van der Waals surface area contributed by atoms with Crippen molar-refractivity contribution in [2.75, 3.05) is 24.6 Å². The topological polar surface area (TPSA) is 28.4 Å². The summed E-state index contributed by atoms with van der Waals surface area (Å²) < 4.78 is 5.88. The Morgan fingerprint density at radius 2 is 2.30 bits per heavy atom. The molecule has 3 nitrogen and oxygen atoms in total. The molecule has 1 aromatic rings. The van der Waals surface area contributed by atoms with E-state index in [9.17, 15) is 0 Å². The Hall–Kier alpha value is -0.450. The van der Waals surface area contributed by atoms with Crippen LogP contribution in [0.4, 0.5) is 0 Å². The molecule has 0 bridgehead atoms. The highest BCUT2D eigenvalue weighted by Gasteiger charge is 2.20. The van der Waals surface area contributed by atoms with E-state index in [1.54, 1.807) is 0 Å². The molecule has 1 atom stereocenters. The van der Waals surface area contributed by atoms with Gasteiger partial charge in [0.2, 0.25) is 0 Å². The molecule has 20 heavy (non-hydrogen) atoms. The molecule has 1 fully saturated rings. The number of nitrogens with one attached hydrogen (secondary N) is 1. The molecule has 4 heteroatoms. The molecule has 0 aromatic carbocycles. The van der Waals surface area contributed by atoms with Crippen LogP contribution >= 0.6 is 11.8 Å². The van der Waals surface area contributed by atoms with E-state index in [0.717, 1.165) is 31.2 Å². The Kier molecular flexibility index (Phi) is 6.00. The van der Waals surface area contributed by atoms with Crippen LogP contribution in [0.25, 0.3) is 0 Å². The van der Waals surface area contributed by atoms with E-state index in [1.807, 2.05) is 0 Å². The van der Waals surface area contributed by atoms with Crippen molar-refractivity contribution in [1.82, 2.24) is 10.2 Å². The molecule has 114 valence electrons. The molecule has 1 aromatic heterocycles. The lowest BCUT2D eigenvalue weighted by Gasteiger charge is -2.32. The minimum atomic E-state index is 0.672. The normalized spacial score (nSPS) is 20.8. The molecule has 0 radical (unpaired) electrons. The van der Waals surface area contributed by atoms with Gasteiger partial charge in [0, 0.05) is 36.2 Å². The van der Waals surface area contributed by atoms with Crippen LogP contribution in [0, 0.1) is 12.8 Å². The lowest BCUT2D eigenvalue weighted by Crippen LogP contribution is -2.39. The highest BCUT2D eigenvalue weighted by atomic mass is 32.2. The number of aryl methyl sites for hydroxylation is 1. The van der Waals surface area contributed by atoms with Crippen LogP contribution in [0.1, 0.15) is 37.9 Å². The number of hydrogen-bond donors (Lipinski definition) is 1. The van der Waals surface area contributed by atoms with Crippen LogP contribution in [-0.2, 0) is 13.1 Å². The highest BCUT2D eigenvalue weighted by molar-refractivity contribution is 7.99. The summed E-state index contributed by atoms with van der Waals surface area (Å²) in [5, 5.41) is 3.44. The second kappa shape index (κ2) is 7.53. The van der Waals surface area contributed by atoms with Crippen LogP contribution in [0.2, 0.25) is 0 Å². The standard InChI is InChI=1S/C16H28N2OS/c1-12(2)8-17-9-16-7-15(14(4)19-16)10-18-5-6-20-11-13(18)3/h7,12-13,17H,5-6,8-11H2,1-4H3. The van der Waals surface area contributed by atoms with E-state index in [2.05, 4.69) is 55.7 Å². The van der Waals surface area contributed by atoms with E-state index < -0.39 is 0 Å². The maximum atomic E-state index is 5.88. The zero-order valence-corrected chi connectivity index (χ0v) is 14.1. The number of thioether (sulfide) groups is 1. The molecule has 0 saturated carbocycles. The van der Waals surface area contributed by atoms with Crippen molar-refractivity contribution in [3.63, 3.8) is 0 Å². The molecule has 1 N–H and O–H groups in total. The van der Waals surface area contributed by atoms with Crippen molar-refractivity contribution < 1.29 is 4.42 Å². The van der Waals surface area contributed by atoms with Crippen molar-refractivity contribution in [3.05, 3.63) is 23.2 Å². The molecule has 0 amide bonds. The second-order valence-corrected chi connectivity index (χ2v) is 7.36. The molecular weight excluding hydrogens is 268 g/mol. The molecule has 1 unspecified atom stereocenters. The van der Waals surface area contributed by atoms with Gasteiger partial charge in [-0.1, -0.05) is 13.8 Å². The van der Waals surface area contributed by atoms with Crippen molar-refractivity contribution in [2.24, 2.45) is 5.92 Å². The average Bonchev–Trinajstić information content (AvgIpc) is 2.72. The first kappa shape index (κ1) is 15.9. The molecular formula is C16H28N2OS. The molecule has 2 heterocycles. The fourth-order valence-electron chi connectivity index (χ4n) is 2.53. The second-order valence-electron chi connectivity index (χ2n) is 6.21. The minimum absolute atomic E-state index is 0.672. The molecule has 0 spiro atoms. The van der Waals surface area contributed by atoms with Gasteiger partial charge in [-0.2, -0.15) is 11.8 Å². The van der Waals surface area contributed by atoms with Crippen molar-refractivity contribution in [3.8, 4) is 0 Å². The molecule has 1 aliphatic heterocycles. The maximum Gasteiger partial charge on any atom is 0.118 e. The maximum absolute atomic E-state index is 5.88. The van der Waals surface area contributed by atoms with Gasteiger partial charge >= 0.3 is 0 Å². The van der Waals surface area contributed by atoms with E-state index in [0.29, 0.717) is 12.0 Å². The van der Waals surface area contributed by atoms with Gasteiger partial charge in [0.05, 0.1) is 6.54 Å². The van der Waals surface area contributed by atoms with Gasteiger partial charge in [-0.25, -0.2) is 0 Å². The van der Waals surface area contributed by atoms with E-state index in [1.165, 1.54) is 23.6 Å². The molecule has 2 rings (SSSR count). The lowest BCUT2D eigenvalue weighted by molar-refractivity contribution is 0.222. The van der Waals surface area contributed by atoms with E-state index in [4.69, 9.17) is 4.42 Å². The van der Waals surface area contributed by atoms with Gasteiger partial charge in [0.25, 0.3) is 0 Å². The van der Waals surface area contributed by atoms with Crippen molar-refractivity contribution >= 4 is 11.8 Å². The quantitative estimate of drug-likeness (QED) is 0.872. The van der Waals surface area contributed by atoms with Gasteiger partial charge in [-0.05, 0) is 32.4 Å². The average molecular weight is 296 g/mol. The number of rotatable bonds is 6. The Bertz CT molecular complexity index is 417. The van der Waals surface area contributed by atoms with E-state index >= 15 is 0 Å². The summed E-state index contributed by atoms with van der Waals surface area (Å²) in [6.07, 6.45) is 0. The van der Waals surface area contributed by atoms with Gasteiger partial charge in [-0.3, -0.25) is 4.90 Å².